The Morgan fingerprint density at radius 3 is 1.73 bits per heavy atom. The summed E-state index contributed by atoms with van der Waals surface area (Å²) >= 11 is 0. The number of hydrogen-bond donors (Lipinski definition) is 2. The van der Waals surface area contributed by atoms with E-state index in [0.29, 0.717) is 0 Å². The average molecular weight is 261 g/mol. The van der Waals surface area contributed by atoms with Crippen LogP contribution in [0.4, 0.5) is 0 Å². The zero-order chi connectivity index (χ0) is 11.2. The van der Waals surface area contributed by atoms with Gasteiger partial charge in [0.15, 0.2) is 0 Å². The Morgan fingerprint density at radius 2 is 1.53 bits per heavy atom. The largest absolute Gasteiger partial charge is 0.483 e. The van der Waals surface area contributed by atoms with Gasteiger partial charge in [0.05, 0.1) is 0 Å². The van der Waals surface area contributed by atoms with Gasteiger partial charge in [-0.25, -0.2) is 0 Å². The topological polar surface area (TPSA) is 65.7 Å². The first kappa shape index (κ1) is 20.7. The summed E-state index contributed by atoms with van der Waals surface area (Å²) in [4.78, 5) is 0. The van der Waals surface area contributed by atoms with Crippen molar-refractivity contribution in [3.05, 3.63) is 0 Å². The molecule has 0 bridgehead atoms. The molecule has 0 aromatic rings. The standard InChI is InChI=1S/C5H14N2.C3H10O3Si.ClH/c1-2-4-7-5-3-6;1-4-7(5-2)6-3;/h7H,2-6H2,1H3;7H,1-3H3;1H. The van der Waals surface area contributed by atoms with Gasteiger partial charge in [-0.1, -0.05) is 6.92 Å². The van der Waals surface area contributed by atoms with Gasteiger partial charge < -0.3 is 24.3 Å². The number of hydrogen-bond acceptors (Lipinski definition) is 5. The molecule has 0 rings (SSSR count). The van der Waals surface area contributed by atoms with Gasteiger partial charge >= 0.3 is 9.53 Å². The summed E-state index contributed by atoms with van der Waals surface area (Å²) in [6, 6.07) is 0. The Bertz CT molecular complexity index is 90.4. The van der Waals surface area contributed by atoms with Crippen LogP contribution in [-0.4, -0.2) is 50.5 Å². The molecule has 0 aliphatic carbocycles. The summed E-state index contributed by atoms with van der Waals surface area (Å²) in [6.45, 7) is 4.94. The highest BCUT2D eigenvalue weighted by atomic mass is 35.5. The number of nitrogens with two attached hydrogens (primary N) is 1. The van der Waals surface area contributed by atoms with Gasteiger partial charge in [0.1, 0.15) is 0 Å². The molecule has 5 nitrogen and oxygen atoms in total. The molecule has 0 aliphatic heterocycles. The molecule has 0 atom stereocenters. The van der Waals surface area contributed by atoms with E-state index in [2.05, 4.69) is 12.2 Å². The van der Waals surface area contributed by atoms with Crippen molar-refractivity contribution in [3.63, 3.8) is 0 Å². The average Bonchev–Trinajstić information content (AvgIpc) is 2.22. The van der Waals surface area contributed by atoms with E-state index in [4.69, 9.17) is 19.0 Å². The third kappa shape index (κ3) is 20.4. The Hall–Kier alpha value is 0.307. The van der Waals surface area contributed by atoms with Crippen LogP contribution in [0.3, 0.4) is 0 Å². The lowest BCUT2D eigenvalue weighted by molar-refractivity contribution is 0.163. The van der Waals surface area contributed by atoms with E-state index in [0.717, 1.165) is 19.6 Å². The van der Waals surface area contributed by atoms with Crippen LogP contribution in [0.5, 0.6) is 0 Å². The van der Waals surface area contributed by atoms with Gasteiger partial charge in [-0.05, 0) is 13.0 Å². The van der Waals surface area contributed by atoms with Gasteiger partial charge in [0.25, 0.3) is 0 Å². The minimum absolute atomic E-state index is 0. The fourth-order valence-electron chi connectivity index (χ4n) is 0.693. The minimum Gasteiger partial charge on any atom is -0.379 e. The normalized spacial score (nSPS) is 9.20. The molecule has 0 radical (unpaired) electrons. The highest BCUT2D eigenvalue weighted by Crippen LogP contribution is 1.81. The molecule has 0 saturated heterocycles. The van der Waals surface area contributed by atoms with E-state index in [9.17, 15) is 0 Å². The third-order valence-corrected chi connectivity index (χ3v) is 2.48. The number of halogens is 1. The van der Waals surface area contributed by atoms with Crippen LogP contribution >= 0.6 is 12.4 Å². The van der Waals surface area contributed by atoms with Crippen LogP contribution in [0.15, 0.2) is 0 Å². The van der Waals surface area contributed by atoms with E-state index < -0.39 is 9.53 Å². The Balaban J connectivity index is -0.000000180. The van der Waals surface area contributed by atoms with Crippen LogP contribution < -0.4 is 11.1 Å². The quantitative estimate of drug-likeness (QED) is 0.499. The fourth-order valence-corrected chi connectivity index (χ4v) is 1.27. The molecule has 0 aliphatic rings. The van der Waals surface area contributed by atoms with E-state index in [1.165, 1.54) is 6.42 Å². The maximum atomic E-state index is 5.21. The zero-order valence-corrected chi connectivity index (χ0v) is 12.1. The SMILES string of the molecule is CCCNCCN.CO[SiH](OC)OC.Cl. The maximum Gasteiger partial charge on any atom is 0.483 e. The van der Waals surface area contributed by atoms with Crippen LogP contribution in [0, 0.1) is 0 Å². The second-order valence-corrected chi connectivity index (χ2v) is 4.53. The molecule has 0 aromatic carbocycles. The van der Waals surface area contributed by atoms with E-state index in [1.54, 1.807) is 21.3 Å². The van der Waals surface area contributed by atoms with E-state index in [-0.39, 0.29) is 12.4 Å². The first-order chi connectivity index (χ1) is 6.76. The number of nitrogens with one attached hydrogen (secondary N) is 1. The molecule has 0 heterocycles. The lowest BCUT2D eigenvalue weighted by Gasteiger charge is -2.05. The molecule has 7 heteroatoms. The number of rotatable bonds is 7. The lowest BCUT2D eigenvalue weighted by atomic mass is 10.5. The van der Waals surface area contributed by atoms with E-state index >= 15 is 0 Å². The molecular formula is C8H25ClN2O3Si. The zero-order valence-electron chi connectivity index (χ0n) is 10.1. The van der Waals surface area contributed by atoms with Crippen molar-refractivity contribution >= 4 is 21.9 Å². The summed E-state index contributed by atoms with van der Waals surface area (Å²) in [7, 11) is 3.05. The Labute approximate surface area is 101 Å². The molecule has 3 N–H and O–H groups in total. The van der Waals surface area contributed by atoms with Gasteiger partial charge in [0.2, 0.25) is 0 Å². The Morgan fingerprint density at radius 1 is 1.07 bits per heavy atom. The highest BCUT2D eigenvalue weighted by Gasteiger charge is 2.04. The van der Waals surface area contributed by atoms with Crippen molar-refractivity contribution in [2.45, 2.75) is 13.3 Å². The Kier molecular flexibility index (Phi) is 27.3. The predicted octanol–water partition coefficient (Wildman–Crippen LogP) is 0.00930. The summed E-state index contributed by atoms with van der Waals surface area (Å²) < 4.78 is 14.2. The summed E-state index contributed by atoms with van der Waals surface area (Å²) in [5, 5.41) is 3.16. The summed E-state index contributed by atoms with van der Waals surface area (Å²) in [5.74, 6) is 0. The molecule has 0 aromatic heterocycles. The molecule has 0 fully saturated rings. The predicted molar refractivity (Wildman–Crippen MR) is 67.6 cm³/mol. The second kappa shape index (κ2) is 19.8. The second-order valence-electron chi connectivity index (χ2n) is 2.53. The third-order valence-electron chi connectivity index (χ3n) is 1.33. The molecule has 0 saturated carbocycles. The molecule has 0 amide bonds. The van der Waals surface area contributed by atoms with Gasteiger partial charge in [-0.15, -0.1) is 12.4 Å². The van der Waals surface area contributed by atoms with Crippen LogP contribution in [0.25, 0.3) is 0 Å². The molecule has 0 spiro atoms. The van der Waals surface area contributed by atoms with Gasteiger partial charge in [-0.3, -0.25) is 0 Å². The van der Waals surface area contributed by atoms with Crippen molar-refractivity contribution < 1.29 is 13.3 Å². The van der Waals surface area contributed by atoms with Crippen molar-refractivity contribution in [1.29, 1.82) is 0 Å². The molecule has 0 unspecified atom stereocenters. The smallest absolute Gasteiger partial charge is 0.379 e. The van der Waals surface area contributed by atoms with Crippen LogP contribution in [0.1, 0.15) is 13.3 Å². The van der Waals surface area contributed by atoms with Crippen molar-refractivity contribution in [1.82, 2.24) is 5.32 Å². The summed E-state index contributed by atoms with van der Waals surface area (Å²) in [5.41, 5.74) is 5.21. The first-order valence-electron chi connectivity index (χ1n) is 4.75. The van der Waals surface area contributed by atoms with Gasteiger partial charge in [0, 0.05) is 34.4 Å². The minimum atomic E-state index is -1.67. The highest BCUT2D eigenvalue weighted by molar-refractivity contribution is 6.36. The fraction of sp³-hybridized carbons (Fsp3) is 1.00. The molecular weight excluding hydrogens is 236 g/mol. The monoisotopic (exact) mass is 260 g/mol. The van der Waals surface area contributed by atoms with Crippen molar-refractivity contribution in [2.24, 2.45) is 5.73 Å². The van der Waals surface area contributed by atoms with Gasteiger partial charge in [-0.2, -0.15) is 0 Å². The van der Waals surface area contributed by atoms with Crippen LogP contribution in [-0.2, 0) is 13.3 Å². The van der Waals surface area contributed by atoms with Crippen molar-refractivity contribution in [3.8, 4) is 0 Å². The van der Waals surface area contributed by atoms with Crippen molar-refractivity contribution in [2.75, 3.05) is 41.0 Å². The lowest BCUT2D eigenvalue weighted by Crippen LogP contribution is -2.22. The first-order valence-corrected chi connectivity index (χ1v) is 6.17. The van der Waals surface area contributed by atoms with E-state index in [1.807, 2.05) is 0 Å². The summed E-state index contributed by atoms with van der Waals surface area (Å²) in [6.07, 6.45) is 1.19. The molecule has 96 valence electrons. The maximum absolute atomic E-state index is 5.21. The van der Waals surface area contributed by atoms with Crippen LogP contribution in [0.2, 0.25) is 0 Å². The molecule has 15 heavy (non-hydrogen) atoms.